The first-order valence-electron chi connectivity index (χ1n) is 3.95. The predicted octanol–water partition coefficient (Wildman–Crippen LogP) is 2.19. The molecule has 0 aromatic rings. The van der Waals surface area contributed by atoms with Gasteiger partial charge in [-0.05, 0) is 27.2 Å². The van der Waals surface area contributed by atoms with E-state index >= 15 is 0 Å². The fourth-order valence-electron chi connectivity index (χ4n) is 0.445. The van der Waals surface area contributed by atoms with E-state index in [-0.39, 0.29) is 17.5 Å². The highest BCUT2D eigenvalue weighted by atomic mass is 16.6. The van der Waals surface area contributed by atoms with Gasteiger partial charge in [-0.1, -0.05) is 13.8 Å². The van der Waals surface area contributed by atoms with Gasteiger partial charge >= 0.3 is 5.97 Å². The molecular weight excluding hydrogens is 140 g/mol. The fourth-order valence-corrected chi connectivity index (χ4v) is 0.445. The molecule has 0 fully saturated rings. The SMILES string of the molecule is [CH2]C(C)C(=O)OC(C)(C)CC. The molecule has 1 radical (unpaired) electrons. The standard InChI is InChI=1S/C9H17O2/c1-6-9(4,5)11-8(10)7(2)3/h7H,2,6H2,1,3-5H3. The van der Waals surface area contributed by atoms with Crippen LogP contribution in [0.15, 0.2) is 0 Å². The lowest BCUT2D eigenvalue weighted by molar-refractivity contribution is -0.159. The highest BCUT2D eigenvalue weighted by Crippen LogP contribution is 2.15. The molecule has 1 unspecified atom stereocenters. The van der Waals surface area contributed by atoms with Gasteiger partial charge in [0.05, 0.1) is 5.92 Å². The van der Waals surface area contributed by atoms with Crippen molar-refractivity contribution < 1.29 is 9.53 Å². The smallest absolute Gasteiger partial charge is 0.309 e. The van der Waals surface area contributed by atoms with E-state index in [4.69, 9.17) is 4.74 Å². The Hall–Kier alpha value is -0.530. The van der Waals surface area contributed by atoms with E-state index in [2.05, 4.69) is 6.92 Å². The highest BCUT2D eigenvalue weighted by Gasteiger charge is 2.21. The van der Waals surface area contributed by atoms with E-state index in [9.17, 15) is 4.79 Å². The van der Waals surface area contributed by atoms with Crippen LogP contribution in [-0.2, 0) is 9.53 Å². The van der Waals surface area contributed by atoms with Crippen molar-refractivity contribution in [2.45, 2.75) is 39.7 Å². The quantitative estimate of drug-likeness (QED) is 0.587. The minimum absolute atomic E-state index is 0.225. The lowest BCUT2D eigenvalue weighted by Gasteiger charge is -2.24. The summed E-state index contributed by atoms with van der Waals surface area (Å²) < 4.78 is 5.15. The maximum absolute atomic E-state index is 11.0. The topological polar surface area (TPSA) is 26.3 Å². The molecule has 0 saturated carbocycles. The number of carbonyl (C=O) groups is 1. The molecular formula is C9H17O2. The first-order valence-corrected chi connectivity index (χ1v) is 3.95. The summed E-state index contributed by atoms with van der Waals surface area (Å²) >= 11 is 0. The molecule has 0 saturated heterocycles. The Balaban J connectivity index is 3.94. The van der Waals surface area contributed by atoms with Gasteiger partial charge in [0.1, 0.15) is 5.60 Å². The summed E-state index contributed by atoms with van der Waals surface area (Å²) in [7, 11) is 0. The predicted molar refractivity (Wildman–Crippen MR) is 45.0 cm³/mol. The van der Waals surface area contributed by atoms with Crippen molar-refractivity contribution in [2.24, 2.45) is 5.92 Å². The molecule has 0 spiro atoms. The van der Waals surface area contributed by atoms with Crippen LogP contribution in [0.4, 0.5) is 0 Å². The van der Waals surface area contributed by atoms with E-state index in [1.165, 1.54) is 0 Å². The molecule has 0 aromatic carbocycles. The second-order valence-corrected chi connectivity index (χ2v) is 3.44. The van der Waals surface area contributed by atoms with Crippen LogP contribution in [0, 0.1) is 12.8 Å². The maximum atomic E-state index is 11.0. The summed E-state index contributed by atoms with van der Waals surface area (Å²) in [6, 6.07) is 0. The van der Waals surface area contributed by atoms with Crippen molar-refractivity contribution >= 4 is 5.97 Å². The molecule has 0 rings (SSSR count). The Bertz CT molecular complexity index is 136. The van der Waals surface area contributed by atoms with Crippen molar-refractivity contribution in [3.63, 3.8) is 0 Å². The number of ether oxygens (including phenoxy) is 1. The second-order valence-electron chi connectivity index (χ2n) is 3.44. The summed E-state index contributed by atoms with van der Waals surface area (Å²) in [5.74, 6) is -0.502. The van der Waals surface area contributed by atoms with Crippen LogP contribution in [0.3, 0.4) is 0 Å². The molecule has 0 heterocycles. The van der Waals surface area contributed by atoms with Gasteiger partial charge in [-0.3, -0.25) is 4.79 Å². The minimum Gasteiger partial charge on any atom is -0.459 e. The third kappa shape index (κ3) is 4.02. The monoisotopic (exact) mass is 157 g/mol. The van der Waals surface area contributed by atoms with Crippen LogP contribution in [0.2, 0.25) is 0 Å². The van der Waals surface area contributed by atoms with E-state index in [0.717, 1.165) is 6.42 Å². The third-order valence-corrected chi connectivity index (χ3v) is 1.63. The Morgan fingerprint density at radius 2 is 2.09 bits per heavy atom. The fraction of sp³-hybridized carbons (Fsp3) is 0.778. The average Bonchev–Trinajstić information content (AvgIpc) is 1.87. The normalized spacial score (nSPS) is 11.8. The second kappa shape index (κ2) is 3.74. The molecule has 11 heavy (non-hydrogen) atoms. The summed E-state index contributed by atoms with van der Waals surface area (Å²) in [6.45, 7) is 11.1. The molecule has 0 aliphatic rings. The van der Waals surface area contributed by atoms with Crippen LogP contribution < -0.4 is 0 Å². The molecule has 2 nitrogen and oxygen atoms in total. The van der Waals surface area contributed by atoms with Gasteiger partial charge in [-0.15, -0.1) is 0 Å². The van der Waals surface area contributed by atoms with Crippen molar-refractivity contribution in [1.29, 1.82) is 0 Å². The first-order chi connectivity index (χ1) is 4.89. The third-order valence-electron chi connectivity index (χ3n) is 1.63. The van der Waals surface area contributed by atoms with E-state index in [1.54, 1.807) is 6.92 Å². The Morgan fingerprint density at radius 1 is 1.64 bits per heavy atom. The van der Waals surface area contributed by atoms with Gasteiger partial charge < -0.3 is 4.74 Å². The Kier molecular flexibility index (Phi) is 3.56. The number of hydrogen-bond acceptors (Lipinski definition) is 2. The summed E-state index contributed by atoms with van der Waals surface area (Å²) in [5.41, 5.74) is -0.344. The van der Waals surface area contributed by atoms with Gasteiger partial charge in [-0.2, -0.15) is 0 Å². The van der Waals surface area contributed by atoms with Crippen LogP contribution in [0.5, 0.6) is 0 Å². The molecule has 0 bridgehead atoms. The lowest BCUT2D eigenvalue weighted by atomic mass is 10.1. The van der Waals surface area contributed by atoms with Crippen molar-refractivity contribution in [3.05, 3.63) is 6.92 Å². The van der Waals surface area contributed by atoms with Gasteiger partial charge in [0, 0.05) is 0 Å². The van der Waals surface area contributed by atoms with Gasteiger partial charge in [0.25, 0.3) is 0 Å². The average molecular weight is 157 g/mol. The zero-order valence-corrected chi connectivity index (χ0v) is 7.81. The lowest BCUT2D eigenvalue weighted by Crippen LogP contribution is -2.29. The number of carbonyl (C=O) groups excluding carboxylic acids is 1. The van der Waals surface area contributed by atoms with Crippen molar-refractivity contribution in [2.75, 3.05) is 0 Å². The first kappa shape index (κ1) is 10.5. The highest BCUT2D eigenvalue weighted by molar-refractivity contribution is 5.73. The van der Waals surface area contributed by atoms with Crippen LogP contribution >= 0.6 is 0 Å². The van der Waals surface area contributed by atoms with Crippen LogP contribution in [0.25, 0.3) is 0 Å². The van der Waals surface area contributed by atoms with E-state index in [1.807, 2.05) is 20.8 Å². The molecule has 65 valence electrons. The summed E-state index contributed by atoms with van der Waals surface area (Å²) in [5, 5.41) is 0. The molecule has 0 aromatic heterocycles. The zero-order valence-electron chi connectivity index (χ0n) is 7.81. The van der Waals surface area contributed by atoms with Gasteiger partial charge in [-0.25, -0.2) is 0 Å². The van der Waals surface area contributed by atoms with Crippen LogP contribution in [-0.4, -0.2) is 11.6 Å². The van der Waals surface area contributed by atoms with Crippen molar-refractivity contribution in [3.8, 4) is 0 Å². The van der Waals surface area contributed by atoms with Crippen molar-refractivity contribution in [1.82, 2.24) is 0 Å². The molecule has 1 atom stereocenters. The summed E-state index contributed by atoms with van der Waals surface area (Å²) in [6.07, 6.45) is 0.825. The minimum atomic E-state index is -0.344. The van der Waals surface area contributed by atoms with E-state index < -0.39 is 0 Å². The van der Waals surface area contributed by atoms with Gasteiger partial charge in [0.2, 0.25) is 0 Å². The molecule has 2 heteroatoms. The summed E-state index contributed by atoms with van der Waals surface area (Å²) in [4.78, 5) is 11.0. The molecule has 0 N–H and O–H groups in total. The molecule has 0 aliphatic carbocycles. The number of esters is 1. The number of hydrogen-bond donors (Lipinski definition) is 0. The molecule has 0 aliphatic heterocycles. The Morgan fingerprint density at radius 3 is 2.36 bits per heavy atom. The van der Waals surface area contributed by atoms with E-state index in [0.29, 0.717) is 0 Å². The number of rotatable bonds is 3. The zero-order chi connectivity index (χ0) is 9.07. The largest absolute Gasteiger partial charge is 0.459 e. The Labute approximate surface area is 68.9 Å². The van der Waals surface area contributed by atoms with Crippen LogP contribution in [0.1, 0.15) is 34.1 Å². The van der Waals surface area contributed by atoms with Gasteiger partial charge in [0.15, 0.2) is 0 Å². The maximum Gasteiger partial charge on any atom is 0.309 e. The molecule has 0 amide bonds.